The van der Waals surface area contributed by atoms with Crippen LogP contribution in [0.1, 0.15) is 42.6 Å². The fourth-order valence-corrected chi connectivity index (χ4v) is 3.62. The van der Waals surface area contributed by atoms with E-state index in [-0.39, 0.29) is 0 Å². The Morgan fingerprint density at radius 2 is 1.88 bits per heavy atom. The summed E-state index contributed by atoms with van der Waals surface area (Å²) in [5.74, 6) is 1.03. The molecule has 4 nitrogen and oxygen atoms in total. The van der Waals surface area contributed by atoms with Crippen molar-refractivity contribution in [1.29, 1.82) is 0 Å². The van der Waals surface area contributed by atoms with Gasteiger partial charge in [-0.05, 0) is 51.0 Å². The molecule has 1 aromatic heterocycles. The summed E-state index contributed by atoms with van der Waals surface area (Å²) >= 11 is 0. The van der Waals surface area contributed by atoms with Gasteiger partial charge < -0.3 is 9.47 Å². The van der Waals surface area contributed by atoms with Gasteiger partial charge in [0.2, 0.25) is 5.91 Å². The molecule has 1 fully saturated rings. The first-order valence-corrected chi connectivity index (χ1v) is 9.43. The average Bonchev–Trinajstić information content (AvgIpc) is 2.97. The number of carbonyl (C=O) groups excluding carboxylic acids is 1. The van der Waals surface area contributed by atoms with Crippen LogP contribution in [0.15, 0.2) is 36.7 Å². The van der Waals surface area contributed by atoms with Gasteiger partial charge in [-0.2, -0.15) is 0 Å². The Morgan fingerprint density at radius 1 is 1.16 bits per heavy atom. The van der Waals surface area contributed by atoms with Gasteiger partial charge in [-0.15, -0.1) is 0 Å². The maximum absolute atomic E-state index is 12.4. The summed E-state index contributed by atoms with van der Waals surface area (Å²) in [7, 11) is 0. The van der Waals surface area contributed by atoms with Crippen molar-refractivity contribution in [3.8, 4) is 0 Å². The number of amides is 1. The second kappa shape index (κ2) is 8.32. The maximum atomic E-state index is 12.4. The minimum atomic E-state index is 0.309. The van der Waals surface area contributed by atoms with Gasteiger partial charge in [0.05, 0.1) is 12.0 Å². The van der Waals surface area contributed by atoms with E-state index >= 15 is 0 Å². The van der Waals surface area contributed by atoms with Crippen LogP contribution < -0.4 is 0 Å². The van der Waals surface area contributed by atoms with Crippen LogP contribution in [0, 0.1) is 19.8 Å². The van der Waals surface area contributed by atoms with Crippen molar-refractivity contribution in [2.45, 2.75) is 52.5 Å². The molecule has 2 heterocycles. The van der Waals surface area contributed by atoms with Crippen molar-refractivity contribution in [1.82, 2.24) is 14.5 Å². The molecule has 1 saturated heterocycles. The van der Waals surface area contributed by atoms with Gasteiger partial charge in [0.25, 0.3) is 0 Å². The van der Waals surface area contributed by atoms with E-state index < -0.39 is 0 Å². The van der Waals surface area contributed by atoms with Crippen LogP contribution in [0.2, 0.25) is 0 Å². The van der Waals surface area contributed by atoms with Gasteiger partial charge in [-0.3, -0.25) is 4.79 Å². The van der Waals surface area contributed by atoms with Crippen LogP contribution in [0.5, 0.6) is 0 Å². The summed E-state index contributed by atoms with van der Waals surface area (Å²) in [6.45, 7) is 7.07. The summed E-state index contributed by atoms with van der Waals surface area (Å²) in [5, 5.41) is 0. The van der Waals surface area contributed by atoms with E-state index in [0.717, 1.165) is 50.5 Å². The van der Waals surface area contributed by atoms with Gasteiger partial charge >= 0.3 is 0 Å². The van der Waals surface area contributed by atoms with Crippen LogP contribution >= 0.6 is 0 Å². The molecule has 0 N–H and O–H groups in total. The summed E-state index contributed by atoms with van der Waals surface area (Å²) in [4.78, 5) is 18.9. The third-order valence-electron chi connectivity index (χ3n) is 5.56. The predicted octanol–water partition coefficient (Wildman–Crippen LogP) is 3.76. The van der Waals surface area contributed by atoms with Crippen molar-refractivity contribution < 1.29 is 4.79 Å². The zero-order valence-electron chi connectivity index (χ0n) is 15.4. The number of aromatic nitrogens is 2. The van der Waals surface area contributed by atoms with Crippen LogP contribution in [0.3, 0.4) is 0 Å². The number of hydrogen-bond donors (Lipinski definition) is 0. The Kier molecular flexibility index (Phi) is 5.90. The molecule has 0 aliphatic carbocycles. The van der Waals surface area contributed by atoms with E-state index in [2.05, 4.69) is 40.4 Å². The lowest BCUT2D eigenvalue weighted by Crippen LogP contribution is -2.38. The zero-order chi connectivity index (χ0) is 17.6. The van der Waals surface area contributed by atoms with E-state index in [0.29, 0.717) is 12.3 Å². The summed E-state index contributed by atoms with van der Waals surface area (Å²) in [6, 6.07) is 10.3. The van der Waals surface area contributed by atoms with E-state index in [4.69, 9.17) is 0 Å². The average molecular weight is 339 g/mol. The van der Waals surface area contributed by atoms with Gasteiger partial charge in [0, 0.05) is 31.7 Å². The van der Waals surface area contributed by atoms with Crippen LogP contribution in [0.25, 0.3) is 0 Å². The Labute approximate surface area is 150 Å². The Balaban J connectivity index is 1.39. The number of aryl methyl sites for hydroxylation is 3. The maximum Gasteiger partial charge on any atom is 0.222 e. The number of nitrogens with zero attached hydrogens (tertiary/aromatic N) is 3. The number of imidazole rings is 1. The largest absolute Gasteiger partial charge is 0.343 e. The van der Waals surface area contributed by atoms with Crippen molar-refractivity contribution in [3.63, 3.8) is 0 Å². The highest BCUT2D eigenvalue weighted by Gasteiger charge is 2.22. The first-order valence-electron chi connectivity index (χ1n) is 9.43. The van der Waals surface area contributed by atoms with E-state index in [9.17, 15) is 4.79 Å². The minimum Gasteiger partial charge on any atom is -0.343 e. The fourth-order valence-electron chi connectivity index (χ4n) is 3.62. The molecular weight excluding hydrogens is 310 g/mol. The molecule has 1 aromatic carbocycles. The molecule has 25 heavy (non-hydrogen) atoms. The number of carbonyl (C=O) groups is 1. The highest BCUT2D eigenvalue weighted by Crippen LogP contribution is 2.22. The topological polar surface area (TPSA) is 38.1 Å². The number of benzene rings is 1. The van der Waals surface area contributed by atoms with Crippen molar-refractivity contribution in [2.75, 3.05) is 13.1 Å². The first kappa shape index (κ1) is 17.7. The Bertz CT molecular complexity index is 684. The molecule has 0 spiro atoms. The third kappa shape index (κ3) is 4.71. The quantitative estimate of drug-likeness (QED) is 0.804. The molecule has 0 radical (unpaired) electrons. The molecule has 134 valence electrons. The highest BCUT2D eigenvalue weighted by molar-refractivity contribution is 5.76. The summed E-state index contributed by atoms with van der Waals surface area (Å²) < 4.78 is 2.26. The van der Waals surface area contributed by atoms with Crippen molar-refractivity contribution in [2.24, 2.45) is 5.92 Å². The Morgan fingerprint density at radius 3 is 2.52 bits per heavy atom. The van der Waals surface area contributed by atoms with Gasteiger partial charge in [-0.25, -0.2) is 4.98 Å². The molecule has 1 aliphatic heterocycles. The highest BCUT2D eigenvalue weighted by atomic mass is 16.2. The first-order chi connectivity index (χ1) is 12.1. The molecule has 1 amide bonds. The lowest BCUT2D eigenvalue weighted by Gasteiger charge is -2.32. The van der Waals surface area contributed by atoms with E-state index in [1.54, 1.807) is 0 Å². The molecule has 4 heteroatoms. The molecule has 0 saturated carbocycles. The number of piperidine rings is 1. The van der Waals surface area contributed by atoms with Crippen molar-refractivity contribution >= 4 is 5.91 Å². The molecule has 0 bridgehead atoms. The monoisotopic (exact) mass is 339 g/mol. The summed E-state index contributed by atoms with van der Waals surface area (Å²) in [6.07, 6.45) is 6.87. The molecule has 0 atom stereocenters. The van der Waals surface area contributed by atoms with E-state index in [1.807, 2.05) is 24.5 Å². The van der Waals surface area contributed by atoms with Gasteiger partial charge in [0.15, 0.2) is 0 Å². The minimum absolute atomic E-state index is 0.309. The third-order valence-corrected chi connectivity index (χ3v) is 5.56. The van der Waals surface area contributed by atoms with Gasteiger partial charge in [-0.1, -0.05) is 30.3 Å². The van der Waals surface area contributed by atoms with Crippen LogP contribution in [-0.4, -0.2) is 33.4 Å². The predicted molar refractivity (Wildman–Crippen MR) is 100 cm³/mol. The SMILES string of the molecule is Cc1ncn(CCC2CCN(C(=O)CCc3ccccc3)CC2)c1C. The molecule has 0 unspecified atom stereocenters. The number of rotatable bonds is 6. The molecule has 2 aromatic rings. The van der Waals surface area contributed by atoms with Crippen LogP contribution in [0.4, 0.5) is 0 Å². The molecule has 3 rings (SSSR count). The van der Waals surface area contributed by atoms with Crippen LogP contribution in [-0.2, 0) is 17.8 Å². The van der Waals surface area contributed by atoms with Gasteiger partial charge in [0.1, 0.15) is 0 Å². The van der Waals surface area contributed by atoms with E-state index in [1.165, 1.54) is 17.7 Å². The summed E-state index contributed by atoms with van der Waals surface area (Å²) in [5.41, 5.74) is 3.64. The molecular formula is C21H29N3O. The lowest BCUT2D eigenvalue weighted by atomic mass is 9.93. The number of hydrogen-bond acceptors (Lipinski definition) is 2. The number of likely N-dealkylation sites (tertiary alicyclic amines) is 1. The second-order valence-corrected chi connectivity index (χ2v) is 7.21. The lowest BCUT2D eigenvalue weighted by molar-refractivity contribution is -0.132. The van der Waals surface area contributed by atoms with Crippen molar-refractivity contribution in [3.05, 3.63) is 53.6 Å². The smallest absolute Gasteiger partial charge is 0.222 e. The fraction of sp³-hybridized carbons (Fsp3) is 0.524. The standard InChI is InChI=1S/C21H29N3O/c1-17-18(2)24(16-22-17)15-12-20-10-13-23(14-11-20)21(25)9-8-19-6-4-3-5-7-19/h3-7,16,20H,8-15H2,1-2H3. The zero-order valence-corrected chi connectivity index (χ0v) is 15.4. The molecule has 1 aliphatic rings. The Hall–Kier alpha value is -2.10. The normalized spacial score (nSPS) is 15.5. The second-order valence-electron chi connectivity index (χ2n) is 7.21.